The molecule has 0 aliphatic heterocycles. The van der Waals surface area contributed by atoms with Gasteiger partial charge in [-0.05, 0) is 38.5 Å². The van der Waals surface area contributed by atoms with Crippen molar-refractivity contribution in [3.05, 3.63) is 0 Å². The molecule has 0 saturated heterocycles. The summed E-state index contributed by atoms with van der Waals surface area (Å²) in [7, 11) is 1.42. The van der Waals surface area contributed by atoms with Gasteiger partial charge in [0, 0.05) is 0 Å². The third-order valence-corrected chi connectivity index (χ3v) is 4.55. The molecule has 16 heavy (non-hydrogen) atoms. The van der Waals surface area contributed by atoms with Crippen molar-refractivity contribution in [2.75, 3.05) is 7.11 Å². The van der Waals surface area contributed by atoms with Crippen LogP contribution in [-0.2, 0) is 14.3 Å². The zero-order chi connectivity index (χ0) is 11.8. The summed E-state index contributed by atoms with van der Waals surface area (Å²) in [4.78, 5) is 23.1. The van der Waals surface area contributed by atoms with Crippen molar-refractivity contribution in [2.45, 2.75) is 44.9 Å². The van der Waals surface area contributed by atoms with E-state index in [1.807, 2.05) is 0 Å². The van der Waals surface area contributed by atoms with E-state index in [1.54, 1.807) is 0 Å². The van der Waals surface area contributed by atoms with Crippen LogP contribution in [0.25, 0.3) is 0 Å². The Morgan fingerprint density at radius 3 is 2.00 bits per heavy atom. The van der Waals surface area contributed by atoms with Crippen molar-refractivity contribution in [1.29, 1.82) is 0 Å². The topological polar surface area (TPSA) is 63.6 Å². The maximum atomic E-state index is 11.8. The fraction of sp³-hybridized carbons (Fsp3) is 0.833. The van der Waals surface area contributed by atoms with Gasteiger partial charge in [0.15, 0.2) is 0 Å². The molecule has 3 aliphatic rings. The summed E-state index contributed by atoms with van der Waals surface area (Å²) in [6.45, 7) is 0. The molecule has 0 atom stereocenters. The summed E-state index contributed by atoms with van der Waals surface area (Å²) in [6.07, 6.45) is 4.91. The Morgan fingerprint density at radius 1 is 1.00 bits per heavy atom. The summed E-state index contributed by atoms with van der Waals surface area (Å²) in [6, 6.07) is 0. The smallest absolute Gasteiger partial charge is 0.311 e. The van der Waals surface area contributed by atoms with Crippen LogP contribution >= 0.6 is 0 Å². The van der Waals surface area contributed by atoms with E-state index in [0.717, 1.165) is 12.8 Å². The standard InChI is InChI=1S/C12H18O4/c1-16-10(15)12-4-2-3-11(5-7-12,6-8-12)9(13)14/h2-8H2,1H3,(H,13,14). The minimum Gasteiger partial charge on any atom is -0.481 e. The highest BCUT2D eigenvalue weighted by atomic mass is 16.5. The number of carboxylic acids is 1. The second-order valence-electron chi connectivity index (χ2n) is 5.21. The van der Waals surface area contributed by atoms with Gasteiger partial charge in [0.25, 0.3) is 0 Å². The van der Waals surface area contributed by atoms with E-state index in [2.05, 4.69) is 0 Å². The van der Waals surface area contributed by atoms with Crippen molar-refractivity contribution in [3.63, 3.8) is 0 Å². The molecule has 2 bridgehead atoms. The van der Waals surface area contributed by atoms with Crippen LogP contribution in [0, 0.1) is 10.8 Å². The van der Waals surface area contributed by atoms with Crippen LogP contribution in [0.5, 0.6) is 0 Å². The lowest BCUT2D eigenvalue weighted by atomic mass is 9.65. The summed E-state index contributed by atoms with van der Waals surface area (Å²) in [5.41, 5.74) is -0.946. The zero-order valence-electron chi connectivity index (χ0n) is 9.62. The third-order valence-electron chi connectivity index (χ3n) is 4.55. The first-order valence-electron chi connectivity index (χ1n) is 5.87. The summed E-state index contributed by atoms with van der Waals surface area (Å²) >= 11 is 0. The molecule has 0 unspecified atom stereocenters. The number of rotatable bonds is 2. The molecule has 90 valence electrons. The highest BCUT2D eigenvalue weighted by Gasteiger charge is 2.53. The van der Waals surface area contributed by atoms with E-state index in [9.17, 15) is 14.7 Å². The fourth-order valence-electron chi connectivity index (χ4n) is 3.32. The van der Waals surface area contributed by atoms with Gasteiger partial charge in [0.05, 0.1) is 17.9 Å². The van der Waals surface area contributed by atoms with Gasteiger partial charge in [-0.3, -0.25) is 9.59 Å². The number of hydrogen-bond acceptors (Lipinski definition) is 3. The lowest BCUT2D eigenvalue weighted by Crippen LogP contribution is -2.40. The Kier molecular flexibility index (Phi) is 2.68. The molecule has 3 aliphatic carbocycles. The van der Waals surface area contributed by atoms with Gasteiger partial charge in [-0.1, -0.05) is 6.42 Å². The van der Waals surface area contributed by atoms with Gasteiger partial charge in [-0.15, -0.1) is 0 Å². The first kappa shape index (κ1) is 11.4. The van der Waals surface area contributed by atoms with Gasteiger partial charge < -0.3 is 9.84 Å². The lowest BCUT2D eigenvalue weighted by Gasteiger charge is -2.38. The minimum absolute atomic E-state index is 0.145. The number of aliphatic carboxylic acids is 1. The van der Waals surface area contributed by atoms with Gasteiger partial charge in [0.1, 0.15) is 0 Å². The number of hydrogen-bond donors (Lipinski definition) is 1. The largest absolute Gasteiger partial charge is 0.481 e. The normalized spacial score (nSPS) is 37.8. The van der Waals surface area contributed by atoms with E-state index in [-0.39, 0.29) is 11.4 Å². The highest BCUT2D eigenvalue weighted by Crippen LogP contribution is 2.54. The van der Waals surface area contributed by atoms with Crippen LogP contribution in [0.4, 0.5) is 0 Å². The quantitative estimate of drug-likeness (QED) is 0.731. The Morgan fingerprint density at radius 2 is 1.50 bits per heavy atom. The SMILES string of the molecule is COC(=O)C12CCCC(C(=O)O)(CC1)CC2. The zero-order valence-corrected chi connectivity index (χ0v) is 9.62. The van der Waals surface area contributed by atoms with E-state index in [0.29, 0.717) is 32.1 Å². The fourth-order valence-corrected chi connectivity index (χ4v) is 3.32. The summed E-state index contributed by atoms with van der Waals surface area (Å²) in [5.74, 6) is -0.832. The number of esters is 1. The maximum Gasteiger partial charge on any atom is 0.311 e. The molecule has 3 saturated carbocycles. The Labute approximate surface area is 95.0 Å². The van der Waals surface area contributed by atoms with Crippen molar-refractivity contribution in [3.8, 4) is 0 Å². The molecule has 0 amide bonds. The highest BCUT2D eigenvalue weighted by molar-refractivity contribution is 5.79. The molecule has 0 aromatic carbocycles. The summed E-state index contributed by atoms with van der Waals surface area (Å²) in [5, 5.41) is 9.30. The predicted molar refractivity (Wildman–Crippen MR) is 56.8 cm³/mol. The number of carbonyl (C=O) groups is 2. The molecular weight excluding hydrogens is 208 g/mol. The predicted octanol–water partition coefficient (Wildman–Crippen LogP) is 1.97. The van der Waals surface area contributed by atoms with E-state index < -0.39 is 11.4 Å². The lowest BCUT2D eigenvalue weighted by molar-refractivity contribution is -0.161. The first-order chi connectivity index (χ1) is 7.55. The van der Waals surface area contributed by atoms with Crippen LogP contribution in [0.3, 0.4) is 0 Å². The van der Waals surface area contributed by atoms with Crippen LogP contribution in [-0.4, -0.2) is 24.2 Å². The van der Waals surface area contributed by atoms with Gasteiger partial charge in [-0.25, -0.2) is 0 Å². The Bertz CT molecular complexity index is 313. The minimum atomic E-state index is -0.687. The number of fused-ring (bicyclic) bond motifs is 4. The maximum absolute atomic E-state index is 11.8. The van der Waals surface area contributed by atoms with Gasteiger partial charge >= 0.3 is 11.9 Å². The number of ether oxygens (including phenoxy) is 1. The molecule has 0 heterocycles. The first-order valence-corrected chi connectivity index (χ1v) is 5.87. The molecule has 1 N–H and O–H groups in total. The monoisotopic (exact) mass is 226 g/mol. The van der Waals surface area contributed by atoms with Gasteiger partial charge in [0.2, 0.25) is 0 Å². The molecule has 3 fully saturated rings. The van der Waals surface area contributed by atoms with E-state index >= 15 is 0 Å². The van der Waals surface area contributed by atoms with E-state index in [1.165, 1.54) is 7.11 Å². The molecule has 4 nitrogen and oxygen atoms in total. The average molecular weight is 226 g/mol. The van der Waals surface area contributed by atoms with Crippen molar-refractivity contribution in [2.24, 2.45) is 10.8 Å². The van der Waals surface area contributed by atoms with Crippen LogP contribution in [0.2, 0.25) is 0 Å². The second kappa shape index (κ2) is 3.75. The second-order valence-corrected chi connectivity index (χ2v) is 5.21. The number of carboxylic acid groups (broad SMARTS) is 1. The number of methoxy groups -OCH3 is 1. The van der Waals surface area contributed by atoms with Crippen LogP contribution < -0.4 is 0 Å². The molecule has 0 aromatic heterocycles. The van der Waals surface area contributed by atoms with Crippen molar-refractivity contribution >= 4 is 11.9 Å². The molecule has 0 spiro atoms. The Balaban J connectivity index is 2.23. The van der Waals surface area contributed by atoms with Gasteiger partial charge in [-0.2, -0.15) is 0 Å². The molecule has 0 aromatic rings. The molecule has 0 radical (unpaired) electrons. The van der Waals surface area contributed by atoms with Crippen molar-refractivity contribution < 1.29 is 19.4 Å². The summed E-state index contributed by atoms with van der Waals surface area (Å²) < 4.78 is 4.87. The average Bonchev–Trinajstić information content (AvgIpc) is 2.60. The van der Waals surface area contributed by atoms with Crippen LogP contribution in [0.15, 0.2) is 0 Å². The molecular formula is C12H18O4. The molecule has 3 rings (SSSR count). The van der Waals surface area contributed by atoms with Crippen molar-refractivity contribution in [1.82, 2.24) is 0 Å². The Hall–Kier alpha value is -1.06. The van der Waals surface area contributed by atoms with Crippen LogP contribution in [0.1, 0.15) is 44.9 Å². The molecule has 4 heteroatoms. The number of carbonyl (C=O) groups excluding carboxylic acids is 1. The third kappa shape index (κ3) is 1.51. The van der Waals surface area contributed by atoms with E-state index in [4.69, 9.17) is 4.74 Å².